The SMILES string of the molecule is CC1=NN(c2ccccc2)C(=O)C1C(=O)c1ccc(S(=O)(=O)N2CCCC2)cc1. The first kappa shape index (κ1) is 19.5. The third-order valence-electron chi connectivity index (χ3n) is 5.24. The molecule has 1 fully saturated rings. The maximum atomic E-state index is 13.0. The first-order chi connectivity index (χ1) is 13.9. The van der Waals surface area contributed by atoms with Gasteiger partial charge in [0, 0.05) is 18.7 Å². The molecule has 2 aliphatic heterocycles. The first-order valence-corrected chi connectivity index (χ1v) is 10.9. The van der Waals surface area contributed by atoms with E-state index in [9.17, 15) is 18.0 Å². The lowest BCUT2D eigenvalue weighted by Gasteiger charge is -2.16. The molecule has 1 unspecified atom stereocenters. The molecule has 0 bridgehead atoms. The Labute approximate surface area is 169 Å². The normalized spacial score (nSPS) is 20.2. The summed E-state index contributed by atoms with van der Waals surface area (Å²) >= 11 is 0. The number of hydrogen-bond donors (Lipinski definition) is 0. The van der Waals surface area contributed by atoms with E-state index < -0.39 is 21.8 Å². The molecule has 0 aromatic heterocycles. The highest BCUT2D eigenvalue weighted by Crippen LogP contribution is 2.27. The number of amides is 1. The van der Waals surface area contributed by atoms with E-state index in [2.05, 4.69) is 5.10 Å². The molecule has 2 heterocycles. The van der Waals surface area contributed by atoms with Gasteiger partial charge < -0.3 is 0 Å². The van der Waals surface area contributed by atoms with Gasteiger partial charge in [0.05, 0.1) is 16.3 Å². The molecule has 8 heteroatoms. The van der Waals surface area contributed by atoms with E-state index in [-0.39, 0.29) is 16.2 Å². The highest BCUT2D eigenvalue weighted by Gasteiger charge is 2.40. The van der Waals surface area contributed by atoms with Crippen molar-refractivity contribution >= 4 is 33.1 Å². The maximum absolute atomic E-state index is 13.0. The summed E-state index contributed by atoms with van der Waals surface area (Å²) in [6.07, 6.45) is 1.71. The summed E-state index contributed by atoms with van der Waals surface area (Å²) in [7, 11) is -3.54. The largest absolute Gasteiger partial charge is 0.293 e. The fraction of sp³-hybridized carbons (Fsp3) is 0.286. The number of anilines is 1. The molecule has 1 atom stereocenters. The monoisotopic (exact) mass is 411 g/mol. The topological polar surface area (TPSA) is 87.1 Å². The van der Waals surface area contributed by atoms with Crippen molar-refractivity contribution < 1.29 is 18.0 Å². The summed E-state index contributed by atoms with van der Waals surface area (Å²) < 4.78 is 26.7. The maximum Gasteiger partial charge on any atom is 0.264 e. The molecule has 7 nitrogen and oxygen atoms in total. The molecule has 0 radical (unpaired) electrons. The second kappa shape index (κ2) is 7.53. The zero-order valence-corrected chi connectivity index (χ0v) is 16.8. The van der Waals surface area contributed by atoms with E-state index in [1.54, 1.807) is 31.2 Å². The zero-order valence-electron chi connectivity index (χ0n) is 16.0. The molecule has 0 saturated carbocycles. The van der Waals surface area contributed by atoms with Crippen molar-refractivity contribution in [1.82, 2.24) is 4.31 Å². The van der Waals surface area contributed by atoms with Gasteiger partial charge >= 0.3 is 0 Å². The van der Waals surface area contributed by atoms with Crippen LogP contribution in [0.1, 0.15) is 30.1 Å². The molecule has 2 aliphatic rings. The van der Waals surface area contributed by atoms with Crippen LogP contribution in [0.2, 0.25) is 0 Å². The van der Waals surface area contributed by atoms with Gasteiger partial charge in [0.25, 0.3) is 5.91 Å². The summed E-state index contributed by atoms with van der Waals surface area (Å²) in [5, 5.41) is 5.49. The van der Waals surface area contributed by atoms with Gasteiger partial charge in [0.15, 0.2) is 5.78 Å². The average Bonchev–Trinajstić information content (AvgIpc) is 3.37. The van der Waals surface area contributed by atoms with Gasteiger partial charge in [-0.15, -0.1) is 0 Å². The van der Waals surface area contributed by atoms with Crippen LogP contribution in [0, 0.1) is 5.92 Å². The molecule has 2 aromatic rings. The van der Waals surface area contributed by atoms with Crippen LogP contribution in [0.25, 0.3) is 0 Å². The molecule has 0 spiro atoms. The molecule has 1 amide bonds. The Balaban J connectivity index is 1.56. The number of para-hydroxylation sites is 1. The number of sulfonamides is 1. The van der Waals surface area contributed by atoms with Crippen molar-refractivity contribution in [1.29, 1.82) is 0 Å². The van der Waals surface area contributed by atoms with E-state index in [0.717, 1.165) is 12.8 Å². The number of benzene rings is 2. The van der Waals surface area contributed by atoms with E-state index in [0.29, 0.717) is 24.5 Å². The van der Waals surface area contributed by atoms with Crippen molar-refractivity contribution in [3.63, 3.8) is 0 Å². The Kier molecular flexibility index (Phi) is 5.06. The van der Waals surface area contributed by atoms with E-state index in [4.69, 9.17) is 0 Å². The van der Waals surface area contributed by atoms with Gasteiger partial charge in [-0.3, -0.25) is 9.59 Å². The lowest BCUT2D eigenvalue weighted by atomic mass is 9.94. The van der Waals surface area contributed by atoms with Crippen LogP contribution in [0.3, 0.4) is 0 Å². The van der Waals surface area contributed by atoms with Crippen molar-refractivity contribution in [3.8, 4) is 0 Å². The van der Waals surface area contributed by atoms with Crippen LogP contribution in [-0.2, 0) is 14.8 Å². The summed E-state index contributed by atoms with van der Waals surface area (Å²) in [6.45, 7) is 2.69. The minimum absolute atomic E-state index is 0.157. The smallest absolute Gasteiger partial charge is 0.264 e. The third-order valence-corrected chi connectivity index (χ3v) is 7.15. The number of nitrogens with zero attached hydrogens (tertiary/aromatic N) is 3. The van der Waals surface area contributed by atoms with E-state index in [1.807, 2.05) is 6.07 Å². The summed E-state index contributed by atoms with van der Waals surface area (Å²) in [6, 6.07) is 14.7. The number of hydrazone groups is 1. The van der Waals surface area contributed by atoms with Crippen LogP contribution in [0.15, 0.2) is 64.6 Å². The lowest BCUT2D eigenvalue weighted by Crippen LogP contribution is -2.32. The lowest BCUT2D eigenvalue weighted by molar-refractivity contribution is -0.118. The van der Waals surface area contributed by atoms with Crippen LogP contribution < -0.4 is 5.01 Å². The van der Waals surface area contributed by atoms with Crippen molar-refractivity contribution in [2.45, 2.75) is 24.7 Å². The number of carbonyl (C=O) groups excluding carboxylic acids is 2. The van der Waals surface area contributed by atoms with Crippen LogP contribution in [0.5, 0.6) is 0 Å². The van der Waals surface area contributed by atoms with Crippen molar-refractivity contribution in [2.75, 3.05) is 18.1 Å². The number of Topliss-reactive ketones (excluding diaryl/α,β-unsaturated/α-hetero) is 1. The Morgan fingerprint density at radius 3 is 2.24 bits per heavy atom. The van der Waals surface area contributed by atoms with Gasteiger partial charge in [0.1, 0.15) is 5.92 Å². The number of ketones is 1. The van der Waals surface area contributed by atoms with Gasteiger partial charge in [0.2, 0.25) is 10.0 Å². The molecule has 150 valence electrons. The van der Waals surface area contributed by atoms with Crippen molar-refractivity contribution in [3.05, 3.63) is 60.2 Å². The van der Waals surface area contributed by atoms with Gasteiger partial charge in [-0.05, 0) is 44.0 Å². The fourth-order valence-electron chi connectivity index (χ4n) is 3.66. The second-order valence-corrected chi connectivity index (χ2v) is 9.10. The summed E-state index contributed by atoms with van der Waals surface area (Å²) in [4.78, 5) is 26.0. The molecule has 4 rings (SSSR count). The fourth-order valence-corrected chi connectivity index (χ4v) is 5.17. The van der Waals surface area contributed by atoms with Crippen LogP contribution in [-0.4, -0.2) is 43.2 Å². The van der Waals surface area contributed by atoms with Gasteiger partial charge in [-0.2, -0.15) is 14.4 Å². The highest BCUT2D eigenvalue weighted by atomic mass is 32.2. The summed E-state index contributed by atoms with van der Waals surface area (Å²) in [5.41, 5.74) is 1.30. The van der Waals surface area contributed by atoms with Crippen LogP contribution >= 0.6 is 0 Å². The minimum Gasteiger partial charge on any atom is -0.293 e. The Bertz CT molecular complexity index is 1070. The number of carbonyl (C=O) groups is 2. The molecular weight excluding hydrogens is 390 g/mol. The van der Waals surface area contributed by atoms with Gasteiger partial charge in [-0.1, -0.05) is 30.3 Å². The zero-order chi connectivity index (χ0) is 20.6. The Hall–Kier alpha value is -2.84. The molecule has 0 N–H and O–H groups in total. The quantitative estimate of drug-likeness (QED) is 0.559. The molecule has 0 aliphatic carbocycles. The molecule has 29 heavy (non-hydrogen) atoms. The minimum atomic E-state index is -3.54. The average molecular weight is 411 g/mol. The highest BCUT2D eigenvalue weighted by molar-refractivity contribution is 7.89. The first-order valence-electron chi connectivity index (χ1n) is 9.48. The predicted molar refractivity (Wildman–Crippen MR) is 109 cm³/mol. The van der Waals surface area contributed by atoms with E-state index >= 15 is 0 Å². The molecular formula is C21H21N3O4S. The predicted octanol–water partition coefficient (Wildman–Crippen LogP) is 2.69. The number of hydrogen-bond acceptors (Lipinski definition) is 5. The van der Waals surface area contributed by atoms with Crippen molar-refractivity contribution in [2.24, 2.45) is 11.0 Å². The summed E-state index contributed by atoms with van der Waals surface area (Å²) in [5.74, 6) is -1.80. The third kappa shape index (κ3) is 3.49. The van der Waals surface area contributed by atoms with E-state index in [1.165, 1.54) is 33.6 Å². The number of rotatable bonds is 5. The molecule has 1 saturated heterocycles. The Morgan fingerprint density at radius 2 is 1.62 bits per heavy atom. The molecule has 2 aromatic carbocycles. The standard InChI is InChI=1S/C21H21N3O4S/c1-15-19(21(26)24(22-15)17-7-3-2-4-8-17)20(25)16-9-11-18(12-10-16)29(27,28)23-13-5-6-14-23/h2-4,7-12,19H,5-6,13-14H2,1H3. The second-order valence-electron chi connectivity index (χ2n) is 7.16. The Morgan fingerprint density at radius 1 is 1.00 bits per heavy atom. The van der Waals surface area contributed by atoms with Gasteiger partial charge in [-0.25, -0.2) is 8.42 Å². The van der Waals surface area contributed by atoms with Crippen LogP contribution in [0.4, 0.5) is 5.69 Å².